The van der Waals surface area contributed by atoms with Crippen LogP contribution < -0.4 is 25.1 Å². The fourth-order valence-corrected chi connectivity index (χ4v) is 2.17. The van der Waals surface area contributed by atoms with E-state index in [-0.39, 0.29) is 22.6 Å². The molecule has 0 saturated carbocycles. The van der Waals surface area contributed by atoms with Crippen LogP contribution in [0.3, 0.4) is 0 Å². The molecular weight excluding hydrogens is 358 g/mol. The Morgan fingerprint density at radius 1 is 0.852 bits per heavy atom. The smallest absolute Gasteiger partial charge is 0.311 e. The van der Waals surface area contributed by atoms with Crippen LogP contribution in [0.1, 0.15) is 20.7 Å². The second kappa shape index (κ2) is 8.52. The molecule has 0 heterocycles. The fraction of sp³-hybridized carbons (Fsp3) is 0.176. The van der Waals surface area contributed by atoms with Crippen molar-refractivity contribution in [2.75, 3.05) is 21.3 Å². The summed E-state index contributed by atoms with van der Waals surface area (Å²) in [7, 11) is 4.16. The van der Waals surface area contributed by atoms with Crippen molar-refractivity contribution in [3.05, 3.63) is 57.6 Å². The number of benzene rings is 2. The van der Waals surface area contributed by atoms with Gasteiger partial charge in [0.15, 0.2) is 5.75 Å². The lowest BCUT2D eigenvalue weighted by Gasteiger charge is -2.10. The van der Waals surface area contributed by atoms with Crippen molar-refractivity contribution in [1.29, 1.82) is 0 Å². The Morgan fingerprint density at radius 3 is 1.89 bits per heavy atom. The highest BCUT2D eigenvalue weighted by Crippen LogP contribution is 2.27. The van der Waals surface area contributed by atoms with Gasteiger partial charge in [-0.1, -0.05) is 0 Å². The summed E-state index contributed by atoms with van der Waals surface area (Å²) in [5, 5.41) is 11.0. The number of nitro benzene ring substituents is 1. The molecular formula is C17H17N3O7. The Bertz CT molecular complexity index is 861. The van der Waals surface area contributed by atoms with Gasteiger partial charge in [-0.25, -0.2) is 0 Å². The van der Waals surface area contributed by atoms with Crippen LogP contribution in [0.4, 0.5) is 5.69 Å². The molecule has 0 atom stereocenters. The first kappa shape index (κ1) is 19.5. The predicted octanol–water partition coefficient (Wildman–Crippen LogP) is 1.70. The molecule has 2 rings (SSSR count). The molecule has 2 aromatic carbocycles. The summed E-state index contributed by atoms with van der Waals surface area (Å²) in [6.45, 7) is 0. The second-order valence-corrected chi connectivity index (χ2v) is 5.15. The monoisotopic (exact) mass is 375 g/mol. The topological polar surface area (TPSA) is 129 Å². The third kappa shape index (κ3) is 4.63. The molecule has 2 aromatic rings. The van der Waals surface area contributed by atoms with Gasteiger partial charge in [-0.05, 0) is 24.3 Å². The predicted molar refractivity (Wildman–Crippen MR) is 94.1 cm³/mol. The average Bonchev–Trinajstić information content (AvgIpc) is 2.70. The van der Waals surface area contributed by atoms with Crippen molar-refractivity contribution < 1.29 is 28.7 Å². The van der Waals surface area contributed by atoms with Crippen molar-refractivity contribution >= 4 is 17.5 Å². The van der Waals surface area contributed by atoms with E-state index in [9.17, 15) is 19.7 Å². The molecule has 0 saturated heterocycles. The molecule has 0 spiro atoms. The zero-order valence-electron chi connectivity index (χ0n) is 14.8. The number of carbonyl (C=O) groups excluding carboxylic acids is 2. The van der Waals surface area contributed by atoms with E-state index in [0.29, 0.717) is 11.5 Å². The third-order valence-corrected chi connectivity index (χ3v) is 3.54. The molecule has 0 aliphatic rings. The number of hydrazine groups is 1. The fourth-order valence-electron chi connectivity index (χ4n) is 2.17. The van der Waals surface area contributed by atoms with Gasteiger partial charge in [-0.3, -0.25) is 30.6 Å². The zero-order chi connectivity index (χ0) is 20.0. The van der Waals surface area contributed by atoms with E-state index >= 15 is 0 Å². The van der Waals surface area contributed by atoms with Crippen LogP contribution in [0.15, 0.2) is 36.4 Å². The number of ether oxygens (including phenoxy) is 3. The normalized spacial score (nSPS) is 9.89. The molecule has 2 amide bonds. The maximum Gasteiger partial charge on any atom is 0.311 e. The van der Waals surface area contributed by atoms with Crippen LogP contribution in [0.5, 0.6) is 17.2 Å². The van der Waals surface area contributed by atoms with Crippen LogP contribution in [-0.4, -0.2) is 38.1 Å². The highest BCUT2D eigenvalue weighted by Gasteiger charge is 2.19. The summed E-state index contributed by atoms with van der Waals surface area (Å²) in [5.74, 6) is -0.537. The molecule has 0 aromatic heterocycles. The lowest BCUT2D eigenvalue weighted by atomic mass is 10.1. The molecule has 0 bridgehead atoms. The number of nitrogens with zero attached hydrogens (tertiary/aromatic N) is 1. The van der Waals surface area contributed by atoms with E-state index < -0.39 is 16.7 Å². The molecule has 142 valence electrons. The van der Waals surface area contributed by atoms with Gasteiger partial charge in [-0.15, -0.1) is 0 Å². The SMILES string of the molecule is COc1cc(OC)cc(C(=O)NNC(=O)c2ccc(OC)c([N+](=O)[O-])c2)c1. The van der Waals surface area contributed by atoms with Crippen LogP contribution >= 0.6 is 0 Å². The Hall–Kier alpha value is -3.82. The summed E-state index contributed by atoms with van der Waals surface area (Å²) < 4.78 is 15.0. The number of methoxy groups -OCH3 is 3. The minimum Gasteiger partial charge on any atom is -0.497 e. The Labute approximate surface area is 154 Å². The molecule has 10 nitrogen and oxygen atoms in total. The van der Waals surface area contributed by atoms with Crippen molar-refractivity contribution in [2.24, 2.45) is 0 Å². The summed E-state index contributed by atoms with van der Waals surface area (Å²) in [6, 6.07) is 8.19. The second-order valence-electron chi connectivity index (χ2n) is 5.15. The molecule has 0 fully saturated rings. The quantitative estimate of drug-likeness (QED) is 0.580. The van der Waals surface area contributed by atoms with Gasteiger partial charge >= 0.3 is 5.69 Å². The minimum absolute atomic E-state index is 0.0176. The lowest BCUT2D eigenvalue weighted by molar-refractivity contribution is -0.385. The number of rotatable bonds is 6. The van der Waals surface area contributed by atoms with E-state index in [1.165, 1.54) is 45.6 Å². The minimum atomic E-state index is -0.732. The molecule has 27 heavy (non-hydrogen) atoms. The molecule has 0 aliphatic heterocycles. The van der Waals surface area contributed by atoms with Crippen LogP contribution in [0, 0.1) is 10.1 Å². The van der Waals surface area contributed by atoms with E-state index in [4.69, 9.17) is 14.2 Å². The largest absolute Gasteiger partial charge is 0.497 e. The van der Waals surface area contributed by atoms with E-state index in [1.54, 1.807) is 6.07 Å². The molecule has 0 unspecified atom stereocenters. The van der Waals surface area contributed by atoms with Gasteiger partial charge in [0.1, 0.15) is 11.5 Å². The number of hydrogen-bond donors (Lipinski definition) is 2. The molecule has 0 aliphatic carbocycles. The zero-order valence-corrected chi connectivity index (χ0v) is 14.8. The van der Waals surface area contributed by atoms with Crippen molar-refractivity contribution in [2.45, 2.75) is 0 Å². The van der Waals surface area contributed by atoms with E-state index in [2.05, 4.69) is 10.9 Å². The Balaban J connectivity index is 2.12. The standard InChI is InChI=1S/C17H17N3O7/c1-25-12-6-11(7-13(9-12)26-2)17(22)19-18-16(21)10-4-5-15(27-3)14(8-10)20(23)24/h4-9H,1-3H3,(H,18,21)(H,19,22). The highest BCUT2D eigenvalue weighted by atomic mass is 16.6. The lowest BCUT2D eigenvalue weighted by Crippen LogP contribution is -2.41. The van der Waals surface area contributed by atoms with Crippen LogP contribution in [-0.2, 0) is 0 Å². The van der Waals surface area contributed by atoms with Gasteiger partial charge in [0.25, 0.3) is 11.8 Å². The maximum absolute atomic E-state index is 12.2. The first-order chi connectivity index (χ1) is 12.9. The highest BCUT2D eigenvalue weighted by molar-refractivity contribution is 5.99. The summed E-state index contributed by atoms with van der Waals surface area (Å²) >= 11 is 0. The van der Waals surface area contributed by atoms with E-state index in [1.807, 2.05) is 0 Å². The van der Waals surface area contributed by atoms with Crippen molar-refractivity contribution in [3.63, 3.8) is 0 Å². The summed E-state index contributed by atoms with van der Waals surface area (Å²) in [6.07, 6.45) is 0. The number of hydrogen-bond acceptors (Lipinski definition) is 7. The number of carbonyl (C=O) groups is 2. The number of nitrogens with one attached hydrogen (secondary N) is 2. The first-order valence-electron chi connectivity index (χ1n) is 7.55. The molecule has 10 heteroatoms. The van der Waals surface area contributed by atoms with Crippen molar-refractivity contribution in [3.8, 4) is 17.2 Å². The van der Waals surface area contributed by atoms with Gasteiger partial charge in [-0.2, -0.15) is 0 Å². The van der Waals surface area contributed by atoms with Gasteiger partial charge < -0.3 is 14.2 Å². The van der Waals surface area contributed by atoms with Gasteiger partial charge in [0, 0.05) is 23.3 Å². The first-order valence-corrected chi connectivity index (χ1v) is 7.55. The number of nitro groups is 1. The Kier molecular flexibility index (Phi) is 6.15. The van der Waals surface area contributed by atoms with Crippen LogP contribution in [0.25, 0.3) is 0 Å². The third-order valence-electron chi connectivity index (χ3n) is 3.54. The average molecular weight is 375 g/mol. The molecule has 0 radical (unpaired) electrons. The summed E-state index contributed by atoms with van der Waals surface area (Å²) in [4.78, 5) is 34.7. The maximum atomic E-state index is 12.2. The Morgan fingerprint density at radius 2 is 1.41 bits per heavy atom. The van der Waals surface area contributed by atoms with E-state index in [0.717, 1.165) is 6.07 Å². The van der Waals surface area contributed by atoms with Gasteiger partial charge in [0.05, 0.1) is 26.3 Å². The summed E-state index contributed by atoms with van der Waals surface area (Å²) in [5.41, 5.74) is 4.22. The number of amides is 2. The van der Waals surface area contributed by atoms with Crippen LogP contribution in [0.2, 0.25) is 0 Å². The molecule has 2 N–H and O–H groups in total. The van der Waals surface area contributed by atoms with Gasteiger partial charge in [0.2, 0.25) is 0 Å². The van der Waals surface area contributed by atoms with Crippen molar-refractivity contribution in [1.82, 2.24) is 10.9 Å².